The predicted octanol–water partition coefficient (Wildman–Crippen LogP) is 1.46. The summed E-state index contributed by atoms with van der Waals surface area (Å²) in [6.07, 6.45) is 0. The minimum Gasteiger partial charge on any atom is -0.400 e. The first kappa shape index (κ1) is 21.6. The number of benzene rings is 2. The Hall–Kier alpha value is -0.706. The third-order valence-corrected chi connectivity index (χ3v) is 1.57. The van der Waals surface area contributed by atoms with Crippen LogP contribution in [0.4, 0.5) is 0 Å². The van der Waals surface area contributed by atoms with Crippen molar-refractivity contribution in [3.63, 3.8) is 0 Å². The van der Waals surface area contributed by atoms with E-state index >= 15 is 0 Å². The first-order chi connectivity index (χ1) is 7.97. The van der Waals surface area contributed by atoms with Gasteiger partial charge in [-0.05, 0) is 0 Å². The van der Waals surface area contributed by atoms with E-state index in [9.17, 15) is 0 Å². The number of aliphatic hydroxyl groups excluding tert-OH is 3. The number of rotatable bonds is 0. The van der Waals surface area contributed by atoms with Crippen molar-refractivity contribution in [1.29, 1.82) is 0 Å². The second-order valence-corrected chi connectivity index (χ2v) is 2.26. The van der Waals surface area contributed by atoms with Crippen molar-refractivity contribution in [3.8, 4) is 0 Å². The minimum atomic E-state index is 0. The summed E-state index contributed by atoms with van der Waals surface area (Å²) in [4.78, 5) is 0. The summed E-state index contributed by atoms with van der Waals surface area (Å²) in [7, 11) is 3.00. The van der Waals surface area contributed by atoms with Crippen LogP contribution in [0.1, 0.15) is 0 Å². The van der Waals surface area contributed by atoms with E-state index in [1.165, 1.54) is 10.8 Å². The van der Waals surface area contributed by atoms with Gasteiger partial charge in [0.2, 0.25) is 0 Å². The molecule has 2 aromatic carbocycles. The van der Waals surface area contributed by atoms with E-state index in [4.69, 9.17) is 15.3 Å². The molecule has 0 saturated carbocycles. The maximum absolute atomic E-state index is 7.00. The maximum atomic E-state index is 7.00. The summed E-state index contributed by atoms with van der Waals surface area (Å²) in [5.74, 6) is 0. The summed E-state index contributed by atoms with van der Waals surface area (Å²) in [5.41, 5.74) is 0. The summed E-state index contributed by atoms with van der Waals surface area (Å²) in [5, 5.41) is 23.4. The van der Waals surface area contributed by atoms with Crippen LogP contribution in [-0.4, -0.2) is 36.6 Å². The van der Waals surface area contributed by atoms with E-state index in [0.717, 1.165) is 21.3 Å². The van der Waals surface area contributed by atoms with Crippen LogP contribution in [0.25, 0.3) is 10.8 Å². The van der Waals surface area contributed by atoms with E-state index in [1.54, 1.807) is 0 Å². The third kappa shape index (κ3) is 9.04. The smallest absolute Gasteiger partial charge is 0.0319 e. The third-order valence-electron chi connectivity index (χ3n) is 1.57. The topological polar surface area (TPSA) is 60.7 Å². The Balaban J connectivity index is -0.000000248. The molecule has 17 heavy (non-hydrogen) atoms. The average Bonchev–Trinajstić information content (AvgIpc) is 2.45. The van der Waals surface area contributed by atoms with E-state index in [0.29, 0.717) is 0 Å². The van der Waals surface area contributed by atoms with E-state index in [1.807, 2.05) is 24.3 Å². The molecule has 0 aliphatic heterocycles. The van der Waals surface area contributed by atoms with Gasteiger partial charge >= 0.3 is 0 Å². The first-order valence-electron chi connectivity index (χ1n) is 4.66. The van der Waals surface area contributed by atoms with Crippen molar-refractivity contribution < 1.29 is 37.0 Å². The van der Waals surface area contributed by atoms with E-state index in [2.05, 4.69) is 24.3 Å². The zero-order valence-electron chi connectivity index (χ0n) is 10.4. The summed E-state index contributed by atoms with van der Waals surface area (Å²) < 4.78 is 0. The van der Waals surface area contributed by atoms with Gasteiger partial charge in [-0.2, -0.15) is 0 Å². The monoisotopic (exact) mass is 271 g/mol. The molecule has 2 aromatic rings. The largest absolute Gasteiger partial charge is 0.400 e. The van der Waals surface area contributed by atoms with Gasteiger partial charge in [-0.1, -0.05) is 12.1 Å². The zero-order valence-corrected chi connectivity index (χ0v) is 11.9. The number of hydrogen-bond acceptors (Lipinski definition) is 3. The molecule has 0 bridgehead atoms. The molecule has 94 valence electrons. The van der Waals surface area contributed by atoms with Gasteiger partial charge in [0.1, 0.15) is 0 Å². The van der Waals surface area contributed by atoms with Gasteiger partial charge in [0, 0.05) is 43.0 Å². The number of aliphatic hydroxyl groups is 3. The molecule has 0 spiro atoms. The Labute approximate surface area is 118 Å². The fourth-order valence-electron chi connectivity index (χ4n) is 1.06. The van der Waals surface area contributed by atoms with Crippen LogP contribution in [0.15, 0.2) is 42.5 Å². The Morgan fingerprint density at radius 3 is 1.76 bits per heavy atom. The molecule has 0 atom stereocenters. The second-order valence-electron chi connectivity index (χ2n) is 2.26. The van der Waals surface area contributed by atoms with Gasteiger partial charge in [-0.15, -0.1) is 47.2 Å². The standard InChI is InChI=1S/C10H7.3CH4O.Ti/c1-2-6-10-8-4-3-7-9(10)5-1;3*1-2;/h1-7H;3*2H,1H3;/q-1;;;;. The van der Waals surface area contributed by atoms with Crippen molar-refractivity contribution >= 4 is 10.8 Å². The summed E-state index contributed by atoms with van der Waals surface area (Å²) >= 11 is 0. The van der Waals surface area contributed by atoms with Gasteiger partial charge < -0.3 is 15.3 Å². The molecule has 0 heterocycles. The molecular formula is C13H19O3Ti-. The molecule has 4 heteroatoms. The molecule has 0 saturated heterocycles. The Morgan fingerprint density at radius 1 is 0.765 bits per heavy atom. The van der Waals surface area contributed by atoms with Gasteiger partial charge in [-0.25, -0.2) is 0 Å². The van der Waals surface area contributed by atoms with Crippen LogP contribution in [0.3, 0.4) is 0 Å². The van der Waals surface area contributed by atoms with Gasteiger partial charge in [-0.3, -0.25) is 0 Å². The molecule has 0 fully saturated rings. The molecule has 3 nitrogen and oxygen atoms in total. The fraction of sp³-hybridized carbons (Fsp3) is 0.231. The predicted molar refractivity (Wildman–Crippen MR) is 67.2 cm³/mol. The van der Waals surface area contributed by atoms with Crippen LogP contribution in [0.5, 0.6) is 0 Å². The molecular weight excluding hydrogens is 252 g/mol. The average molecular weight is 271 g/mol. The minimum absolute atomic E-state index is 0. The van der Waals surface area contributed by atoms with Crippen LogP contribution in [0.2, 0.25) is 0 Å². The molecule has 0 aliphatic rings. The second kappa shape index (κ2) is 17.7. The molecule has 2 rings (SSSR count). The summed E-state index contributed by atoms with van der Waals surface area (Å²) in [6.45, 7) is 0. The first-order valence-corrected chi connectivity index (χ1v) is 4.66. The Bertz CT molecular complexity index is 288. The summed E-state index contributed by atoms with van der Waals surface area (Å²) in [6, 6.07) is 17.4. The number of fused-ring (bicyclic) bond motifs is 1. The molecule has 0 aromatic heterocycles. The van der Waals surface area contributed by atoms with Crippen molar-refractivity contribution in [1.82, 2.24) is 0 Å². The van der Waals surface area contributed by atoms with Crippen LogP contribution in [-0.2, 0) is 21.7 Å². The van der Waals surface area contributed by atoms with E-state index in [-0.39, 0.29) is 21.7 Å². The van der Waals surface area contributed by atoms with Crippen molar-refractivity contribution in [2.24, 2.45) is 0 Å². The number of hydrogen-bond donors (Lipinski definition) is 3. The molecule has 0 amide bonds. The van der Waals surface area contributed by atoms with Gasteiger partial charge in [0.15, 0.2) is 0 Å². The van der Waals surface area contributed by atoms with Crippen molar-refractivity contribution in [2.45, 2.75) is 0 Å². The SMILES string of the molecule is CO.CO.CO.[Ti].[c-]1cccc2ccccc12. The molecule has 0 unspecified atom stereocenters. The normalized spacial score (nSPS) is 6.94. The molecule has 0 aliphatic carbocycles. The quantitative estimate of drug-likeness (QED) is 0.502. The van der Waals surface area contributed by atoms with Gasteiger partial charge in [0.05, 0.1) is 0 Å². The van der Waals surface area contributed by atoms with Gasteiger partial charge in [0.25, 0.3) is 0 Å². The van der Waals surface area contributed by atoms with E-state index < -0.39 is 0 Å². The van der Waals surface area contributed by atoms with Crippen molar-refractivity contribution in [3.05, 3.63) is 48.5 Å². The Kier molecular flexibility index (Phi) is 22.4. The van der Waals surface area contributed by atoms with Crippen LogP contribution in [0, 0.1) is 6.07 Å². The van der Waals surface area contributed by atoms with Crippen LogP contribution < -0.4 is 0 Å². The fourth-order valence-corrected chi connectivity index (χ4v) is 1.06. The zero-order chi connectivity index (χ0) is 12.8. The van der Waals surface area contributed by atoms with Crippen LogP contribution >= 0.6 is 0 Å². The molecule has 0 radical (unpaired) electrons. The van der Waals surface area contributed by atoms with Crippen molar-refractivity contribution in [2.75, 3.05) is 21.3 Å². The molecule has 3 N–H and O–H groups in total. The maximum Gasteiger partial charge on any atom is 0.0319 e. The Morgan fingerprint density at radius 2 is 1.24 bits per heavy atom.